The molecule has 4 saturated heterocycles. The lowest BCUT2D eigenvalue weighted by molar-refractivity contribution is -0.128. The van der Waals surface area contributed by atoms with Crippen molar-refractivity contribution in [2.75, 3.05) is 63.9 Å². The molecule has 1 aromatic heterocycles. The number of anilines is 1. The van der Waals surface area contributed by atoms with E-state index in [1.807, 2.05) is 24.3 Å². The van der Waals surface area contributed by atoms with Crippen LogP contribution in [0.4, 0.5) is 10.2 Å². The average molecular weight is 762 g/mol. The molecule has 2 aromatic carbocycles. The first-order valence-electron chi connectivity index (χ1n) is 20.3. The topological polar surface area (TPSA) is 118 Å². The van der Waals surface area contributed by atoms with E-state index in [2.05, 4.69) is 44.9 Å². The highest BCUT2D eigenvalue weighted by molar-refractivity contribution is 5.91. The molecule has 5 aliphatic rings. The summed E-state index contributed by atoms with van der Waals surface area (Å²) in [4.78, 5) is 32.1. The molecule has 12 heteroatoms. The maximum atomic E-state index is 14.7. The molecule has 5 aliphatic heterocycles. The van der Waals surface area contributed by atoms with Gasteiger partial charge in [-0.05, 0) is 55.8 Å². The van der Waals surface area contributed by atoms with Gasteiger partial charge in [-0.25, -0.2) is 4.39 Å². The van der Waals surface area contributed by atoms with Crippen LogP contribution < -0.4 is 9.64 Å². The third kappa shape index (κ3) is 7.73. The summed E-state index contributed by atoms with van der Waals surface area (Å²) in [6, 6.07) is 14.4. The van der Waals surface area contributed by atoms with Crippen molar-refractivity contribution < 1.29 is 23.8 Å². The van der Waals surface area contributed by atoms with E-state index in [1.54, 1.807) is 11.0 Å². The molecule has 1 unspecified atom stereocenters. The van der Waals surface area contributed by atoms with E-state index in [-0.39, 0.29) is 55.3 Å². The van der Waals surface area contributed by atoms with Crippen molar-refractivity contribution in [3.05, 3.63) is 70.9 Å². The van der Waals surface area contributed by atoms with Crippen LogP contribution in [0.5, 0.6) is 6.01 Å². The maximum Gasteiger partial charge on any atom is 0.318 e. The maximum absolute atomic E-state index is 14.7. The van der Waals surface area contributed by atoms with Crippen LogP contribution in [0.15, 0.2) is 48.6 Å². The average Bonchev–Trinajstić information content (AvgIpc) is 3.65. The number of nitriles is 1. The van der Waals surface area contributed by atoms with Crippen LogP contribution in [0.3, 0.4) is 0 Å². The molecule has 3 aromatic rings. The van der Waals surface area contributed by atoms with Crippen molar-refractivity contribution in [2.45, 2.75) is 94.3 Å². The van der Waals surface area contributed by atoms with Crippen molar-refractivity contribution >= 4 is 22.5 Å². The summed E-state index contributed by atoms with van der Waals surface area (Å²) >= 11 is 0. The molecule has 294 valence electrons. The van der Waals surface area contributed by atoms with Gasteiger partial charge in [-0.2, -0.15) is 15.2 Å². The van der Waals surface area contributed by atoms with Gasteiger partial charge in [0.1, 0.15) is 18.6 Å². The standard InChI is InChI=1S/C44H52FN7O4/c1-2-31-10-6-11-32-12-7-14-36(41(31)32)39-24-38-37(29-55-39)42(48-43(47-38)56-30-44-17-9-21-51(44)26-33(45)25-44)50-22-23-52(34(27-50)16-18-46)40(54)15-8-20-49-19-5-3-4-13-35(49)28-53/h1,6-8,10-12,14-15,33-35,39,53H,3-5,9,13,16-17,19-30H2/b15-8+/t33-,34+,35?,39+,44+/m1/s1. The summed E-state index contributed by atoms with van der Waals surface area (Å²) in [5.41, 5.74) is 3.14. The van der Waals surface area contributed by atoms with Crippen LogP contribution >= 0.6 is 0 Å². The summed E-state index contributed by atoms with van der Waals surface area (Å²) in [6.45, 7) is 4.82. The number of rotatable bonds is 10. The van der Waals surface area contributed by atoms with E-state index >= 15 is 0 Å². The molecule has 0 spiro atoms. The summed E-state index contributed by atoms with van der Waals surface area (Å²) in [5, 5.41) is 21.9. The molecular weight excluding hydrogens is 710 g/mol. The zero-order valence-corrected chi connectivity index (χ0v) is 32.1. The number of hydrogen-bond donors (Lipinski definition) is 1. The molecule has 5 atom stereocenters. The Balaban J connectivity index is 1.06. The van der Waals surface area contributed by atoms with Crippen molar-refractivity contribution in [1.29, 1.82) is 5.26 Å². The first-order chi connectivity index (χ1) is 27.4. The molecule has 0 aliphatic carbocycles. The molecule has 0 bridgehead atoms. The van der Waals surface area contributed by atoms with Crippen LogP contribution in [0.1, 0.15) is 79.9 Å². The summed E-state index contributed by atoms with van der Waals surface area (Å²) in [6.07, 6.45) is 15.6. The van der Waals surface area contributed by atoms with Gasteiger partial charge in [0, 0.05) is 74.2 Å². The number of likely N-dealkylation sites (tertiary alicyclic amines) is 1. The third-order valence-corrected chi connectivity index (χ3v) is 12.7. The molecule has 56 heavy (non-hydrogen) atoms. The Morgan fingerprint density at radius 1 is 1.09 bits per heavy atom. The highest BCUT2D eigenvalue weighted by atomic mass is 19.1. The van der Waals surface area contributed by atoms with E-state index in [0.717, 1.165) is 84.8 Å². The summed E-state index contributed by atoms with van der Waals surface area (Å²) in [7, 11) is 0. The number of fused-ring (bicyclic) bond motifs is 3. The second-order valence-electron chi connectivity index (χ2n) is 16.1. The van der Waals surface area contributed by atoms with Gasteiger partial charge in [0.25, 0.3) is 0 Å². The van der Waals surface area contributed by atoms with Gasteiger partial charge >= 0.3 is 6.01 Å². The highest BCUT2D eigenvalue weighted by Gasteiger charge is 2.49. The minimum atomic E-state index is -0.872. The van der Waals surface area contributed by atoms with Crippen LogP contribution in [-0.4, -0.2) is 119 Å². The van der Waals surface area contributed by atoms with Gasteiger partial charge in [0.2, 0.25) is 5.91 Å². The number of terminal acetylenes is 1. The first-order valence-corrected chi connectivity index (χ1v) is 20.3. The Kier molecular flexibility index (Phi) is 11.5. The predicted octanol–water partition coefficient (Wildman–Crippen LogP) is 5.10. The van der Waals surface area contributed by atoms with Crippen molar-refractivity contribution in [1.82, 2.24) is 24.7 Å². The van der Waals surface area contributed by atoms with Crippen molar-refractivity contribution in [3.8, 4) is 24.4 Å². The van der Waals surface area contributed by atoms with E-state index in [0.29, 0.717) is 58.0 Å². The number of aliphatic hydroxyl groups is 1. The number of nitrogens with zero attached hydrogens (tertiary/aromatic N) is 7. The highest BCUT2D eigenvalue weighted by Crippen LogP contribution is 2.42. The Bertz CT molecular complexity index is 2030. The fourth-order valence-electron chi connectivity index (χ4n) is 9.85. The number of carbonyl (C=O) groups is 1. The smallest absolute Gasteiger partial charge is 0.318 e. The zero-order chi connectivity index (χ0) is 38.6. The Morgan fingerprint density at radius 2 is 1.96 bits per heavy atom. The van der Waals surface area contributed by atoms with E-state index in [9.17, 15) is 19.6 Å². The molecule has 6 heterocycles. The quantitative estimate of drug-likeness (QED) is 0.221. The lowest BCUT2D eigenvalue weighted by Gasteiger charge is -2.42. The van der Waals surface area contributed by atoms with Crippen LogP contribution in [-0.2, 0) is 22.6 Å². The molecule has 4 fully saturated rings. The molecular formula is C44H52FN7O4. The second kappa shape index (κ2) is 16.9. The van der Waals surface area contributed by atoms with E-state index in [4.69, 9.17) is 25.9 Å². The number of hydrogen-bond acceptors (Lipinski definition) is 10. The van der Waals surface area contributed by atoms with Gasteiger partial charge in [0.15, 0.2) is 0 Å². The monoisotopic (exact) mass is 761 g/mol. The fraction of sp³-hybridized carbons (Fsp3) is 0.545. The van der Waals surface area contributed by atoms with Gasteiger partial charge in [-0.3, -0.25) is 14.6 Å². The second-order valence-corrected chi connectivity index (χ2v) is 16.1. The Hall–Kier alpha value is -4.59. The van der Waals surface area contributed by atoms with Crippen molar-refractivity contribution in [2.24, 2.45) is 0 Å². The van der Waals surface area contributed by atoms with Gasteiger partial charge in [-0.15, -0.1) is 6.42 Å². The molecule has 0 radical (unpaired) electrons. The minimum absolute atomic E-state index is 0.113. The third-order valence-electron chi connectivity index (χ3n) is 12.7. The van der Waals surface area contributed by atoms with E-state index < -0.39 is 6.17 Å². The SMILES string of the molecule is C#Cc1cccc2cccc([C@@H]3Cc4nc(OC[C@@]56CCCN5C[C@H](F)C6)nc(N5CCN(C(=O)/C=C/CN6CCCCCC6CO)[C@@H](CC#N)C5)c4CO3)c12. The summed E-state index contributed by atoms with van der Waals surface area (Å²) in [5.74, 6) is 3.41. The Labute approximate surface area is 329 Å². The number of benzene rings is 2. The number of carbonyl (C=O) groups excluding carboxylic acids is 1. The molecule has 8 rings (SSSR count). The normalized spacial score (nSPS) is 27.1. The number of piperazine rings is 1. The van der Waals surface area contributed by atoms with Gasteiger partial charge in [-0.1, -0.05) is 55.2 Å². The lowest BCUT2D eigenvalue weighted by Crippen LogP contribution is -2.55. The molecule has 11 nitrogen and oxygen atoms in total. The minimum Gasteiger partial charge on any atom is -0.461 e. The van der Waals surface area contributed by atoms with Gasteiger partial charge in [0.05, 0.1) is 49.1 Å². The van der Waals surface area contributed by atoms with Crippen LogP contribution in [0, 0.1) is 23.7 Å². The number of amides is 1. The van der Waals surface area contributed by atoms with Crippen LogP contribution in [0.25, 0.3) is 10.8 Å². The largest absolute Gasteiger partial charge is 0.461 e. The molecule has 1 amide bonds. The lowest BCUT2D eigenvalue weighted by atomic mass is 9.92. The predicted molar refractivity (Wildman–Crippen MR) is 212 cm³/mol. The van der Waals surface area contributed by atoms with Crippen LogP contribution in [0.2, 0.25) is 0 Å². The number of alkyl halides is 1. The summed E-state index contributed by atoms with van der Waals surface area (Å²) < 4.78 is 27.8. The number of halogens is 1. The van der Waals surface area contributed by atoms with Crippen molar-refractivity contribution in [3.63, 3.8) is 0 Å². The number of ether oxygens (including phenoxy) is 2. The van der Waals surface area contributed by atoms with Gasteiger partial charge < -0.3 is 24.4 Å². The zero-order valence-electron chi connectivity index (χ0n) is 32.1. The fourth-order valence-corrected chi connectivity index (χ4v) is 9.85. The molecule has 1 N–H and O–H groups in total. The first kappa shape index (κ1) is 38.3. The Morgan fingerprint density at radius 3 is 2.80 bits per heavy atom. The number of aliphatic hydroxyl groups excluding tert-OH is 1. The molecule has 0 saturated carbocycles. The number of aromatic nitrogens is 2. The van der Waals surface area contributed by atoms with E-state index in [1.165, 1.54) is 0 Å².